The first kappa shape index (κ1) is 88.4. The number of ether oxygens (including phenoxy) is 4. The van der Waals surface area contributed by atoms with Crippen molar-refractivity contribution in [3.05, 3.63) is 140 Å². The van der Waals surface area contributed by atoms with Gasteiger partial charge in [0.2, 0.25) is 23.6 Å². The molecule has 0 unspecified atom stereocenters. The first-order valence-corrected chi connectivity index (χ1v) is 43.3. The van der Waals surface area contributed by atoms with Gasteiger partial charge in [0.15, 0.2) is 0 Å². The van der Waals surface area contributed by atoms with Crippen LogP contribution in [-0.4, -0.2) is 182 Å². The van der Waals surface area contributed by atoms with E-state index in [1.54, 1.807) is 29.7 Å². The minimum atomic E-state index is -1.41. The number of rotatable bonds is 18. The predicted molar refractivity (Wildman–Crippen MR) is 439 cm³/mol. The third kappa shape index (κ3) is 24.7. The maximum Gasteiger partial charge on any atom is 0.407 e. The summed E-state index contributed by atoms with van der Waals surface area (Å²) in [5, 5.41) is 5.33. The van der Waals surface area contributed by atoms with E-state index in [9.17, 15) is 38.4 Å². The van der Waals surface area contributed by atoms with Crippen LogP contribution in [0.1, 0.15) is 208 Å². The Morgan fingerprint density at radius 1 is 0.425 bits per heavy atom. The van der Waals surface area contributed by atoms with Crippen LogP contribution in [-0.2, 0) is 47.7 Å². The second-order valence-electron chi connectivity index (χ2n) is 32.4. The van der Waals surface area contributed by atoms with E-state index in [0.29, 0.717) is 72.7 Å². The number of carbonyl (C=O) groups excluding carboxylic acids is 8. The third-order valence-electron chi connectivity index (χ3n) is 20.4. The summed E-state index contributed by atoms with van der Waals surface area (Å²) in [6, 6.07) is 13.5. The number of benzene rings is 2. The molecular weight excluding hydrogens is 1560 g/mol. The topological polar surface area (TPSA) is 325 Å². The lowest BCUT2D eigenvalue weighted by Crippen LogP contribution is -2.51. The van der Waals surface area contributed by atoms with Gasteiger partial charge in [-0.3, -0.25) is 28.8 Å². The average molecular weight is 1680 g/mol. The lowest BCUT2D eigenvalue weighted by atomic mass is 9.91. The van der Waals surface area contributed by atoms with Crippen molar-refractivity contribution in [3.63, 3.8) is 0 Å². The standard InChI is InChI=1S/C41H51N7O6.C29H37N3O3Si.C15H23IN4O3/c1-24(2)32(19-35(49)53-7)39(50)47-22-26(5)17-33(47)37-42-20-30(44-37)15-13-28-9-11-29(12-10-28)14-16-31-21-43-38(45-31)34-18-27(6)23-48(34)40(51)36(25(3)4)46-41(52)54-8;1-20(2)25(17-27(33)35-4)29(34)32-19-21(3)16-26(32)28-30-18-24(31-28)13-12-22-8-10-23(11-9-22)14-15-36(5,6)7;1-8(2)12(19-15(22)23-4)14(21)20-7-9(3)5-10(20)13-17-6-11(16)18-13/h9-12,20-21,24-27,32-34,36H,17-19,22-23H2,1-8H3,(H,42,44)(H,43,45)(H,46,52);8-11,18,20-21,25-26H,16-17,19H2,1-7H3,(H,30,31);6,8-10,12H,5,7H2,1-4H3,(H,17,18)(H,19,22)/t26-,27-,32-,33+,34-,36-;21-,25-,26-;9-,10+,12-/m000/s1. The summed E-state index contributed by atoms with van der Waals surface area (Å²) in [5.41, 5.74) is 8.85. The number of halogens is 1. The Labute approximate surface area is 679 Å². The SMILES string of the molecule is COC(=O)C[C@H](C(=O)N1C[C@@H](C)C[C@@H]1c1ncc(C#Cc2ccc(C#Cc3cnc([C@@H]4C[C@H](C)CN4C(=O)[C@@H](NC(=O)OC)C(C)C)[nH]3)cc2)[nH]1)C(C)C.COC(=O)C[C@H](C(=O)N1C[C@@H](C)C[C@H]1c1ncc(C#Cc2ccc(C#C[Si](C)(C)C)cc2)[nH]1)C(C)C.COC(=O)N[C@H](C(=O)N1C[C@@H](C)C[C@@H]1c1ncc(I)[nH]1)C(C)C. The van der Waals surface area contributed by atoms with E-state index < -0.39 is 50.1 Å². The number of methoxy groups -OCH3 is 4. The number of amides is 6. The maximum absolute atomic E-state index is 13.6. The van der Waals surface area contributed by atoms with Crippen LogP contribution >= 0.6 is 22.6 Å². The third-order valence-corrected chi connectivity index (χ3v) is 21.8. The summed E-state index contributed by atoms with van der Waals surface area (Å²) in [4.78, 5) is 140. The molecule has 6 amide bonds. The summed E-state index contributed by atoms with van der Waals surface area (Å²) >= 11 is 2.17. The molecule has 4 aliphatic heterocycles. The Hall–Kier alpha value is -10.2. The van der Waals surface area contributed by atoms with Gasteiger partial charge in [0, 0.05) is 48.4 Å². The van der Waals surface area contributed by atoms with Crippen molar-refractivity contribution in [2.24, 2.45) is 59.2 Å². The molecule has 12 atom stereocenters. The number of nitrogens with one attached hydrogen (secondary N) is 6. The molecule has 0 bridgehead atoms. The Morgan fingerprint density at radius 2 is 0.708 bits per heavy atom. The average Bonchev–Trinajstić information content (AvgIpc) is 1.67. The Balaban J connectivity index is 0.000000232. The highest BCUT2D eigenvalue weighted by molar-refractivity contribution is 14.1. The highest BCUT2D eigenvalue weighted by Gasteiger charge is 2.45. The van der Waals surface area contributed by atoms with Crippen LogP contribution in [0, 0.1) is 110 Å². The van der Waals surface area contributed by atoms with Crippen LogP contribution in [0.3, 0.4) is 0 Å². The molecule has 0 spiro atoms. The molecule has 604 valence electrons. The monoisotopic (exact) mass is 1670 g/mol. The molecule has 8 heterocycles. The molecule has 0 radical (unpaired) electrons. The second-order valence-corrected chi connectivity index (χ2v) is 38.3. The highest BCUT2D eigenvalue weighted by atomic mass is 127. The van der Waals surface area contributed by atoms with Gasteiger partial charge in [0.05, 0.1) is 106 Å². The van der Waals surface area contributed by atoms with Gasteiger partial charge in [-0.2, -0.15) is 0 Å². The van der Waals surface area contributed by atoms with Crippen LogP contribution in [0.5, 0.6) is 0 Å². The second kappa shape index (κ2) is 40.5. The van der Waals surface area contributed by atoms with Gasteiger partial charge in [0.1, 0.15) is 60.5 Å². The zero-order chi connectivity index (χ0) is 82.7. The molecule has 26 nitrogen and oxygen atoms in total. The molecule has 6 aromatic rings. The number of nitrogens with zero attached hydrogens (tertiary/aromatic N) is 8. The van der Waals surface area contributed by atoms with Gasteiger partial charge in [-0.25, -0.2) is 29.5 Å². The van der Waals surface area contributed by atoms with Gasteiger partial charge >= 0.3 is 24.1 Å². The van der Waals surface area contributed by atoms with Gasteiger partial charge in [-0.1, -0.05) is 126 Å². The fourth-order valence-electron chi connectivity index (χ4n) is 14.3. The maximum atomic E-state index is 13.6. The van der Waals surface area contributed by atoms with Crippen molar-refractivity contribution in [3.8, 4) is 47.0 Å². The zero-order valence-electron chi connectivity index (χ0n) is 68.6. The quantitative estimate of drug-likeness (QED) is 0.0153. The molecule has 113 heavy (non-hydrogen) atoms. The van der Waals surface area contributed by atoms with Crippen LogP contribution in [0.25, 0.3) is 0 Å². The van der Waals surface area contributed by atoms with E-state index in [4.69, 9.17) is 14.2 Å². The molecule has 4 aliphatic rings. The number of aromatic amines is 4. The normalized spacial score (nSPS) is 20.1. The number of imidazole rings is 4. The molecule has 0 saturated carbocycles. The lowest BCUT2D eigenvalue weighted by molar-refractivity contribution is -0.148. The number of H-pyrrole nitrogens is 4. The van der Waals surface area contributed by atoms with E-state index in [0.717, 1.165) is 63.3 Å². The van der Waals surface area contributed by atoms with Crippen molar-refractivity contribution in [2.45, 2.75) is 178 Å². The highest BCUT2D eigenvalue weighted by Crippen LogP contribution is 2.40. The Kier molecular flexibility index (Phi) is 31.7. The molecule has 4 saturated heterocycles. The van der Waals surface area contributed by atoms with Gasteiger partial charge in [-0.05, 0) is 162 Å². The summed E-state index contributed by atoms with van der Waals surface area (Å²) in [7, 11) is 3.86. The Morgan fingerprint density at radius 3 is 0.965 bits per heavy atom. The van der Waals surface area contributed by atoms with E-state index in [1.807, 2.05) is 119 Å². The predicted octanol–water partition coefficient (Wildman–Crippen LogP) is 12.1. The molecule has 28 heteroatoms. The van der Waals surface area contributed by atoms with E-state index >= 15 is 0 Å². The Bertz CT molecular complexity index is 4430. The first-order valence-electron chi connectivity index (χ1n) is 38.8. The largest absolute Gasteiger partial charge is 0.469 e. The number of carbonyl (C=O) groups is 8. The molecular formula is C85H111IN14O12Si. The smallest absolute Gasteiger partial charge is 0.407 e. The van der Waals surface area contributed by atoms with Crippen LogP contribution in [0.4, 0.5) is 9.59 Å². The molecule has 4 aromatic heterocycles. The zero-order valence-corrected chi connectivity index (χ0v) is 71.7. The number of alkyl carbamates (subject to hydrolysis) is 2. The summed E-state index contributed by atoms with van der Waals surface area (Å²) in [5.74, 6) is 24.2. The van der Waals surface area contributed by atoms with Crippen LogP contribution in [0.15, 0.2) is 73.3 Å². The number of likely N-dealkylation sites (tertiary alicyclic amines) is 4. The fraction of sp³-hybridized carbons (Fsp3) is 0.529. The van der Waals surface area contributed by atoms with Crippen LogP contribution < -0.4 is 10.6 Å². The summed E-state index contributed by atoms with van der Waals surface area (Å²) in [6.07, 6.45) is 8.93. The number of hydrogen-bond donors (Lipinski definition) is 6. The van der Waals surface area contributed by atoms with Crippen molar-refractivity contribution in [2.75, 3.05) is 54.6 Å². The number of hydrogen-bond acceptors (Lipinski definition) is 16. The lowest BCUT2D eigenvalue weighted by Gasteiger charge is -2.30. The minimum absolute atomic E-state index is 0.0135. The van der Waals surface area contributed by atoms with Crippen LogP contribution in [0.2, 0.25) is 19.6 Å². The molecule has 2 aromatic carbocycles. The summed E-state index contributed by atoms with van der Waals surface area (Å²) < 4.78 is 20.0. The van der Waals surface area contributed by atoms with Crippen molar-refractivity contribution < 1.29 is 57.3 Å². The van der Waals surface area contributed by atoms with Gasteiger partial charge in [-0.15, -0.1) is 5.54 Å². The molecule has 10 rings (SSSR count). The molecule has 6 N–H and O–H groups in total. The first-order chi connectivity index (χ1) is 53.6. The van der Waals surface area contributed by atoms with Gasteiger partial charge < -0.3 is 69.1 Å². The molecule has 4 fully saturated rings. The minimum Gasteiger partial charge on any atom is -0.469 e. The van der Waals surface area contributed by atoms with Crippen molar-refractivity contribution in [1.29, 1.82) is 0 Å². The van der Waals surface area contributed by atoms with Crippen molar-refractivity contribution >= 4 is 78.4 Å². The molecule has 0 aliphatic carbocycles. The van der Waals surface area contributed by atoms with Gasteiger partial charge in [0.25, 0.3) is 0 Å². The van der Waals surface area contributed by atoms with Crippen molar-refractivity contribution in [1.82, 2.24) is 70.1 Å². The van der Waals surface area contributed by atoms with E-state index in [-0.39, 0.29) is 96.2 Å². The number of aromatic nitrogens is 8. The van der Waals surface area contributed by atoms with E-state index in [2.05, 4.69) is 172 Å². The summed E-state index contributed by atoms with van der Waals surface area (Å²) in [6.45, 7) is 33.0. The fourth-order valence-corrected chi connectivity index (χ4v) is 15.2. The van der Waals surface area contributed by atoms with E-state index in [1.165, 1.54) is 28.4 Å². The number of esters is 2.